The average molecular weight is 377 g/mol. The van der Waals surface area contributed by atoms with Crippen molar-refractivity contribution in [1.82, 2.24) is 14.9 Å². The highest BCUT2D eigenvalue weighted by Gasteiger charge is 2.47. The first kappa shape index (κ1) is 17.8. The van der Waals surface area contributed by atoms with Crippen molar-refractivity contribution >= 4 is 11.3 Å². The lowest BCUT2D eigenvalue weighted by molar-refractivity contribution is -0.181. The fourth-order valence-electron chi connectivity index (χ4n) is 3.96. The monoisotopic (exact) mass is 377 g/mol. The molecule has 0 aliphatic carbocycles. The van der Waals surface area contributed by atoms with Crippen molar-refractivity contribution in [2.24, 2.45) is 5.92 Å². The van der Waals surface area contributed by atoms with Crippen molar-refractivity contribution in [1.29, 1.82) is 0 Å². The highest BCUT2D eigenvalue weighted by atomic mass is 32.1. The van der Waals surface area contributed by atoms with Crippen LogP contribution >= 0.6 is 11.3 Å². The van der Waals surface area contributed by atoms with Crippen molar-refractivity contribution in [3.8, 4) is 5.88 Å². The Kier molecular flexibility index (Phi) is 5.20. The van der Waals surface area contributed by atoms with Crippen LogP contribution in [0.5, 0.6) is 5.88 Å². The SMILES string of the molecule is Cc1ncsc1CN1CC2(CC(CCOc3ncccc3F)CCO2)C1. The summed E-state index contributed by atoms with van der Waals surface area (Å²) in [7, 11) is 0. The lowest BCUT2D eigenvalue weighted by Gasteiger charge is -2.53. The van der Waals surface area contributed by atoms with Crippen molar-refractivity contribution < 1.29 is 13.9 Å². The van der Waals surface area contributed by atoms with Crippen molar-refractivity contribution in [2.45, 2.75) is 38.3 Å². The number of aromatic nitrogens is 2. The van der Waals surface area contributed by atoms with E-state index in [0.717, 1.165) is 51.2 Å². The molecule has 140 valence electrons. The van der Waals surface area contributed by atoms with Crippen LogP contribution in [0.4, 0.5) is 4.39 Å². The third kappa shape index (κ3) is 3.89. The first-order valence-corrected chi connectivity index (χ1v) is 10.0. The molecular weight excluding hydrogens is 353 g/mol. The Balaban J connectivity index is 1.23. The minimum atomic E-state index is -0.399. The summed E-state index contributed by atoms with van der Waals surface area (Å²) in [6.45, 7) is 6.30. The van der Waals surface area contributed by atoms with Gasteiger partial charge in [-0.3, -0.25) is 4.90 Å². The van der Waals surface area contributed by atoms with Crippen molar-refractivity contribution in [2.75, 3.05) is 26.3 Å². The van der Waals surface area contributed by atoms with E-state index >= 15 is 0 Å². The molecule has 2 fully saturated rings. The van der Waals surface area contributed by atoms with E-state index in [-0.39, 0.29) is 11.5 Å². The van der Waals surface area contributed by atoms with E-state index < -0.39 is 5.82 Å². The maximum atomic E-state index is 13.6. The highest BCUT2D eigenvalue weighted by Crippen LogP contribution is 2.39. The summed E-state index contributed by atoms with van der Waals surface area (Å²) < 4.78 is 25.2. The molecule has 2 aliphatic heterocycles. The predicted octanol–water partition coefficient (Wildman–Crippen LogP) is 3.44. The molecule has 0 radical (unpaired) electrons. The molecular formula is C19H24FN3O2S. The Labute approximate surface area is 157 Å². The standard InChI is InChI=1S/C19H24FN3O2S/c1-14-17(26-13-22-14)10-23-11-19(12-23)9-15(5-8-25-19)4-7-24-18-16(20)3-2-6-21-18/h2-3,6,13,15H,4-5,7-12H2,1H3. The molecule has 0 aromatic carbocycles. The molecule has 2 aliphatic rings. The minimum absolute atomic E-state index is 0.00223. The molecule has 0 amide bonds. The van der Waals surface area contributed by atoms with Gasteiger partial charge in [-0.25, -0.2) is 14.4 Å². The van der Waals surface area contributed by atoms with E-state index in [0.29, 0.717) is 12.5 Å². The zero-order valence-electron chi connectivity index (χ0n) is 15.0. The van der Waals surface area contributed by atoms with Crippen LogP contribution < -0.4 is 4.74 Å². The van der Waals surface area contributed by atoms with Gasteiger partial charge in [0.1, 0.15) is 0 Å². The van der Waals surface area contributed by atoms with Gasteiger partial charge < -0.3 is 9.47 Å². The minimum Gasteiger partial charge on any atom is -0.476 e. The number of hydrogen-bond acceptors (Lipinski definition) is 6. The number of aryl methyl sites for hydroxylation is 1. The second-order valence-corrected chi connectivity index (χ2v) is 8.26. The Morgan fingerprint density at radius 2 is 2.31 bits per heavy atom. The maximum absolute atomic E-state index is 13.6. The quantitative estimate of drug-likeness (QED) is 0.772. The van der Waals surface area contributed by atoms with E-state index in [9.17, 15) is 4.39 Å². The Morgan fingerprint density at radius 3 is 3.08 bits per heavy atom. The number of thiazole rings is 1. The zero-order valence-corrected chi connectivity index (χ0v) is 15.8. The third-order valence-electron chi connectivity index (χ3n) is 5.32. The van der Waals surface area contributed by atoms with Crippen LogP contribution in [0.3, 0.4) is 0 Å². The highest BCUT2D eigenvalue weighted by molar-refractivity contribution is 7.09. The number of rotatable bonds is 6. The van der Waals surface area contributed by atoms with Crippen LogP contribution in [-0.4, -0.2) is 46.8 Å². The lowest BCUT2D eigenvalue weighted by Crippen LogP contribution is -2.64. The molecule has 7 heteroatoms. The number of halogens is 1. The van der Waals surface area contributed by atoms with Crippen LogP contribution in [0.2, 0.25) is 0 Å². The van der Waals surface area contributed by atoms with Crippen LogP contribution in [0.25, 0.3) is 0 Å². The summed E-state index contributed by atoms with van der Waals surface area (Å²) in [4.78, 5) is 12.0. The molecule has 1 spiro atoms. The predicted molar refractivity (Wildman–Crippen MR) is 97.8 cm³/mol. The number of nitrogens with zero attached hydrogens (tertiary/aromatic N) is 3. The van der Waals surface area contributed by atoms with Crippen LogP contribution in [0.1, 0.15) is 29.8 Å². The molecule has 0 N–H and O–H groups in total. The van der Waals surface area contributed by atoms with Gasteiger partial charge in [0.05, 0.1) is 23.4 Å². The van der Waals surface area contributed by atoms with Gasteiger partial charge in [0.25, 0.3) is 0 Å². The van der Waals surface area contributed by atoms with E-state index in [4.69, 9.17) is 9.47 Å². The van der Waals surface area contributed by atoms with Crippen LogP contribution in [0.15, 0.2) is 23.8 Å². The molecule has 1 atom stereocenters. The molecule has 4 heterocycles. The first-order chi connectivity index (χ1) is 12.6. The molecule has 1 unspecified atom stereocenters. The van der Waals surface area contributed by atoms with Gasteiger partial charge in [-0.1, -0.05) is 0 Å². The van der Waals surface area contributed by atoms with Gasteiger partial charge in [0.2, 0.25) is 5.88 Å². The molecule has 2 saturated heterocycles. The van der Waals surface area contributed by atoms with Crippen LogP contribution in [-0.2, 0) is 11.3 Å². The number of ether oxygens (including phenoxy) is 2. The first-order valence-electron chi connectivity index (χ1n) is 9.12. The van der Waals surface area contributed by atoms with Gasteiger partial charge in [-0.15, -0.1) is 11.3 Å². The fourth-order valence-corrected chi connectivity index (χ4v) is 4.78. The van der Waals surface area contributed by atoms with E-state index in [1.165, 1.54) is 10.9 Å². The number of likely N-dealkylation sites (tertiary alicyclic amines) is 1. The largest absolute Gasteiger partial charge is 0.476 e. The average Bonchev–Trinajstić information content (AvgIpc) is 3.01. The molecule has 5 nitrogen and oxygen atoms in total. The van der Waals surface area contributed by atoms with Gasteiger partial charge in [0, 0.05) is 37.3 Å². The van der Waals surface area contributed by atoms with Crippen molar-refractivity contribution in [3.05, 3.63) is 40.2 Å². The smallest absolute Gasteiger partial charge is 0.250 e. The molecule has 2 aromatic heterocycles. The maximum Gasteiger partial charge on any atom is 0.250 e. The summed E-state index contributed by atoms with van der Waals surface area (Å²) in [6, 6.07) is 2.94. The van der Waals surface area contributed by atoms with Gasteiger partial charge >= 0.3 is 0 Å². The summed E-state index contributed by atoms with van der Waals surface area (Å²) in [6.07, 6.45) is 4.56. The second kappa shape index (κ2) is 7.58. The van der Waals surface area contributed by atoms with Crippen molar-refractivity contribution in [3.63, 3.8) is 0 Å². The summed E-state index contributed by atoms with van der Waals surface area (Å²) >= 11 is 1.73. The topological polar surface area (TPSA) is 47.5 Å². The number of hydrogen-bond donors (Lipinski definition) is 0. The van der Waals surface area contributed by atoms with E-state index in [2.05, 4.69) is 21.8 Å². The summed E-state index contributed by atoms with van der Waals surface area (Å²) in [5.74, 6) is 0.260. The van der Waals surface area contributed by atoms with E-state index in [1.54, 1.807) is 23.6 Å². The van der Waals surface area contributed by atoms with Crippen LogP contribution in [0, 0.1) is 18.7 Å². The summed E-state index contributed by atoms with van der Waals surface area (Å²) in [5, 5.41) is 0. The Hall–Kier alpha value is -1.57. The molecule has 26 heavy (non-hydrogen) atoms. The Bertz CT molecular complexity index is 748. The van der Waals surface area contributed by atoms with Gasteiger partial charge in [-0.05, 0) is 44.2 Å². The third-order valence-corrected chi connectivity index (χ3v) is 6.24. The Morgan fingerprint density at radius 1 is 1.42 bits per heavy atom. The fraction of sp³-hybridized carbons (Fsp3) is 0.579. The van der Waals surface area contributed by atoms with Gasteiger partial charge in [0.15, 0.2) is 5.82 Å². The normalized spacial score (nSPS) is 22.3. The molecule has 4 rings (SSSR count). The molecule has 2 aromatic rings. The van der Waals surface area contributed by atoms with Gasteiger partial charge in [-0.2, -0.15) is 0 Å². The number of pyridine rings is 1. The molecule has 0 bridgehead atoms. The summed E-state index contributed by atoms with van der Waals surface area (Å²) in [5.41, 5.74) is 3.05. The molecule has 0 saturated carbocycles. The second-order valence-electron chi connectivity index (χ2n) is 7.32. The van der Waals surface area contributed by atoms with E-state index in [1.807, 2.05) is 5.51 Å². The lowest BCUT2D eigenvalue weighted by atomic mass is 9.79. The zero-order chi connectivity index (χ0) is 18.0.